The van der Waals surface area contributed by atoms with Crippen LogP contribution in [0.4, 0.5) is 0 Å². The van der Waals surface area contributed by atoms with Crippen molar-refractivity contribution in [3.05, 3.63) is 30.3 Å². The van der Waals surface area contributed by atoms with Gasteiger partial charge in [-0.25, -0.2) is 0 Å². The number of carbonyl (C=O) groups excluding carboxylic acids is 1. The molecule has 2 N–H and O–H groups in total. The monoisotopic (exact) mass is 347 g/mol. The van der Waals surface area contributed by atoms with Crippen molar-refractivity contribution in [1.82, 2.24) is 5.32 Å². The number of hydrogen-bond donors (Lipinski definition) is 2. The molecule has 0 spiro atoms. The van der Waals surface area contributed by atoms with Gasteiger partial charge in [0.15, 0.2) is 0 Å². The van der Waals surface area contributed by atoms with E-state index < -0.39 is 5.97 Å². The summed E-state index contributed by atoms with van der Waals surface area (Å²) in [6.45, 7) is 0.680. The second kappa shape index (κ2) is 7.60. The van der Waals surface area contributed by atoms with Crippen LogP contribution in [-0.2, 0) is 9.59 Å². The zero-order valence-electron chi connectivity index (χ0n) is 13.9. The van der Waals surface area contributed by atoms with E-state index in [2.05, 4.69) is 17.4 Å². The van der Waals surface area contributed by atoms with Crippen molar-refractivity contribution < 1.29 is 14.7 Å². The Bertz CT molecular complexity index is 584. The number of carboxylic acids is 1. The highest BCUT2D eigenvalue weighted by Crippen LogP contribution is 2.45. The minimum atomic E-state index is -0.766. The molecule has 5 heteroatoms. The van der Waals surface area contributed by atoms with Crippen LogP contribution in [0, 0.1) is 11.8 Å². The summed E-state index contributed by atoms with van der Waals surface area (Å²) in [5.41, 5.74) is 0. The minimum absolute atomic E-state index is 0.0405. The molecule has 2 atom stereocenters. The third-order valence-corrected chi connectivity index (χ3v) is 6.82. The van der Waals surface area contributed by atoms with Gasteiger partial charge in [-0.15, -0.1) is 11.8 Å². The summed E-state index contributed by atoms with van der Waals surface area (Å²) in [6.07, 6.45) is 6.46. The van der Waals surface area contributed by atoms with E-state index in [1.807, 2.05) is 30.0 Å². The van der Waals surface area contributed by atoms with Crippen LogP contribution in [0.1, 0.15) is 44.9 Å². The molecule has 1 aromatic carbocycles. The maximum absolute atomic E-state index is 12.5. The summed E-state index contributed by atoms with van der Waals surface area (Å²) in [6, 6.07) is 10.4. The van der Waals surface area contributed by atoms with E-state index in [-0.39, 0.29) is 22.5 Å². The van der Waals surface area contributed by atoms with Crippen LogP contribution in [0.25, 0.3) is 0 Å². The molecule has 0 heterocycles. The van der Waals surface area contributed by atoms with Crippen molar-refractivity contribution in [3.8, 4) is 0 Å². The number of carbonyl (C=O) groups is 2. The van der Waals surface area contributed by atoms with Gasteiger partial charge in [0.25, 0.3) is 0 Å². The van der Waals surface area contributed by atoms with Crippen molar-refractivity contribution in [2.24, 2.45) is 11.8 Å². The van der Waals surface area contributed by atoms with Crippen LogP contribution in [0.2, 0.25) is 0 Å². The van der Waals surface area contributed by atoms with Crippen LogP contribution in [-0.4, -0.2) is 28.3 Å². The molecular formula is C19H25NO3S. The van der Waals surface area contributed by atoms with Gasteiger partial charge in [0, 0.05) is 22.1 Å². The third-order valence-electron chi connectivity index (χ3n) is 5.33. The van der Waals surface area contributed by atoms with Crippen LogP contribution in [0.3, 0.4) is 0 Å². The first-order valence-corrected chi connectivity index (χ1v) is 9.64. The summed E-state index contributed by atoms with van der Waals surface area (Å²) in [5.74, 6) is -1.21. The SMILES string of the molecule is O=C(O)[C@@H]1CC[C@H](C(=O)NCC2(Sc3ccccc3)CCCC2)C1. The van der Waals surface area contributed by atoms with Gasteiger partial charge in [0.05, 0.1) is 5.92 Å². The molecule has 2 saturated carbocycles. The third kappa shape index (κ3) is 4.12. The number of benzene rings is 1. The topological polar surface area (TPSA) is 66.4 Å². The molecule has 1 amide bonds. The van der Waals surface area contributed by atoms with Crippen molar-refractivity contribution in [2.45, 2.75) is 54.6 Å². The smallest absolute Gasteiger partial charge is 0.306 e. The fourth-order valence-electron chi connectivity index (χ4n) is 3.91. The van der Waals surface area contributed by atoms with E-state index in [4.69, 9.17) is 5.11 Å². The van der Waals surface area contributed by atoms with Crippen molar-refractivity contribution in [3.63, 3.8) is 0 Å². The summed E-state index contributed by atoms with van der Waals surface area (Å²) in [4.78, 5) is 24.8. The lowest BCUT2D eigenvalue weighted by atomic mass is 10.0. The van der Waals surface area contributed by atoms with Crippen LogP contribution in [0.15, 0.2) is 35.2 Å². The van der Waals surface area contributed by atoms with Gasteiger partial charge in [-0.2, -0.15) is 0 Å². The molecule has 3 rings (SSSR count). The predicted molar refractivity (Wildman–Crippen MR) is 95.0 cm³/mol. The highest BCUT2D eigenvalue weighted by atomic mass is 32.2. The van der Waals surface area contributed by atoms with Gasteiger partial charge >= 0.3 is 5.97 Å². The van der Waals surface area contributed by atoms with Gasteiger partial charge < -0.3 is 10.4 Å². The van der Waals surface area contributed by atoms with Gasteiger partial charge in [-0.1, -0.05) is 31.0 Å². The van der Waals surface area contributed by atoms with Gasteiger partial charge in [-0.05, 0) is 44.2 Å². The van der Waals surface area contributed by atoms with Gasteiger partial charge in [0.1, 0.15) is 0 Å². The van der Waals surface area contributed by atoms with E-state index in [1.165, 1.54) is 17.7 Å². The van der Waals surface area contributed by atoms with E-state index in [0.717, 1.165) is 12.8 Å². The van der Waals surface area contributed by atoms with Crippen LogP contribution < -0.4 is 5.32 Å². The molecule has 4 nitrogen and oxygen atoms in total. The summed E-state index contributed by atoms with van der Waals surface area (Å²) in [7, 11) is 0. The molecule has 0 saturated heterocycles. The predicted octanol–water partition coefficient (Wildman–Crippen LogP) is 3.71. The van der Waals surface area contributed by atoms with Gasteiger partial charge in [-0.3, -0.25) is 9.59 Å². The maximum Gasteiger partial charge on any atom is 0.306 e. The summed E-state index contributed by atoms with van der Waals surface area (Å²) in [5, 5.41) is 12.2. The first kappa shape index (κ1) is 17.3. The fourth-order valence-corrected chi connectivity index (χ4v) is 5.34. The van der Waals surface area contributed by atoms with E-state index in [1.54, 1.807) is 0 Å². The molecule has 0 unspecified atom stereocenters. The Morgan fingerprint density at radius 3 is 2.42 bits per heavy atom. The number of nitrogens with one attached hydrogen (secondary N) is 1. The second-order valence-electron chi connectivity index (χ2n) is 7.07. The van der Waals surface area contributed by atoms with Gasteiger partial charge in [0.2, 0.25) is 5.91 Å². The average Bonchev–Trinajstić information content (AvgIpc) is 3.24. The Morgan fingerprint density at radius 2 is 1.79 bits per heavy atom. The molecule has 0 aromatic heterocycles. The second-order valence-corrected chi connectivity index (χ2v) is 8.61. The highest BCUT2D eigenvalue weighted by molar-refractivity contribution is 8.00. The van der Waals surface area contributed by atoms with E-state index in [9.17, 15) is 9.59 Å². The van der Waals surface area contributed by atoms with E-state index >= 15 is 0 Å². The first-order valence-electron chi connectivity index (χ1n) is 8.83. The number of amides is 1. The van der Waals surface area contributed by atoms with Crippen molar-refractivity contribution in [2.75, 3.05) is 6.54 Å². The quantitative estimate of drug-likeness (QED) is 0.823. The molecule has 2 aliphatic rings. The Balaban J connectivity index is 1.56. The number of aliphatic carboxylic acids is 1. The Labute approximate surface area is 147 Å². The lowest BCUT2D eigenvalue weighted by molar-refractivity contribution is -0.141. The van der Waals surface area contributed by atoms with Crippen molar-refractivity contribution in [1.29, 1.82) is 0 Å². The van der Waals surface area contributed by atoms with Crippen molar-refractivity contribution >= 4 is 23.6 Å². The number of rotatable bonds is 6. The average molecular weight is 347 g/mol. The number of thioether (sulfide) groups is 1. The molecule has 1 aromatic rings. The molecule has 2 fully saturated rings. The lowest BCUT2D eigenvalue weighted by Crippen LogP contribution is -2.40. The van der Waals surface area contributed by atoms with Crippen LogP contribution >= 0.6 is 11.8 Å². The zero-order chi connectivity index (χ0) is 17.0. The number of carboxylic acid groups (broad SMARTS) is 1. The molecule has 0 aliphatic heterocycles. The molecule has 24 heavy (non-hydrogen) atoms. The van der Waals surface area contributed by atoms with Crippen LogP contribution in [0.5, 0.6) is 0 Å². The minimum Gasteiger partial charge on any atom is -0.481 e. The maximum atomic E-state index is 12.5. The molecule has 130 valence electrons. The molecular weight excluding hydrogens is 322 g/mol. The lowest BCUT2D eigenvalue weighted by Gasteiger charge is -2.29. The summed E-state index contributed by atoms with van der Waals surface area (Å²) >= 11 is 1.88. The largest absolute Gasteiger partial charge is 0.481 e. The summed E-state index contributed by atoms with van der Waals surface area (Å²) < 4.78 is 0.0851. The number of hydrogen-bond acceptors (Lipinski definition) is 3. The Kier molecular flexibility index (Phi) is 5.49. The standard InChI is InChI=1S/C19H25NO3S/c21-17(14-8-9-15(12-14)18(22)23)20-13-19(10-4-5-11-19)24-16-6-2-1-3-7-16/h1-3,6-7,14-15H,4-5,8-13H2,(H,20,21)(H,22,23)/t14-,15+/m0/s1. The molecule has 2 aliphatic carbocycles. The normalized spacial score (nSPS) is 25.5. The molecule has 0 bridgehead atoms. The highest BCUT2D eigenvalue weighted by Gasteiger charge is 2.38. The van der Waals surface area contributed by atoms with E-state index in [0.29, 0.717) is 25.8 Å². The Hall–Kier alpha value is -1.49. The first-order chi connectivity index (χ1) is 11.6. The Morgan fingerprint density at radius 1 is 1.12 bits per heavy atom. The molecule has 0 radical (unpaired) electrons. The fraction of sp³-hybridized carbons (Fsp3) is 0.579. The zero-order valence-corrected chi connectivity index (χ0v) is 14.7.